The molecule has 2 aromatic carbocycles. The summed E-state index contributed by atoms with van der Waals surface area (Å²) < 4.78 is 5.46. The number of benzene rings is 2. The Balaban J connectivity index is 1.83. The second kappa shape index (κ2) is 5.95. The van der Waals surface area contributed by atoms with Crippen molar-refractivity contribution in [2.75, 3.05) is 23.9 Å². The molecule has 1 unspecified atom stereocenters. The molecule has 3 rings (SSSR count). The van der Waals surface area contributed by atoms with Gasteiger partial charge >= 0.3 is 0 Å². The fourth-order valence-corrected chi connectivity index (χ4v) is 2.73. The van der Waals surface area contributed by atoms with Crippen LogP contribution >= 0.6 is 0 Å². The van der Waals surface area contributed by atoms with E-state index in [2.05, 4.69) is 44.3 Å². The van der Waals surface area contributed by atoms with Crippen molar-refractivity contribution in [3.63, 3.8) is 0 Å². The van der Waals surface area contributed by atoms with E-state index in [0.717, 1.165) is 17.1 Å². The molecule has 0 aliphatic carbocycles. The molecule has 1 atom stereocenters. The molecule has 0 saturated heterocycles. The number of nitrogens with one attached hydrogen (secondary N) is 1. The van der Waals surface area contributed by atoms with Crippen LogP contribution in [0.5, 0.6) is 5.75 Å². The van der Waals surface area contributed by atoms with Crippen LogP contribution < -0.4 is 15.0 Å². The zero-order valence-corrected chi connectivity index (χ0v) is 14.0. The van der Waals surface area contributed by atoms with E-state index in [9.17, 15) is 4.79 Å². The lowest BCUT2D eigenvalue weighted by Gasteiger charge is -2.27. The molecule has 1 aliphatic rings. The predicted molar refractivity (Wildman–Crippen MR) is 93.3 cm³/mol. The Kier molecular flexibility index (Phi) is 3.99. The Morgan fingerprint density at radius 3 is 2.65 bits per heavy atom. The van der Waals surface area contributed by atoms with E-state index in [1.54, 1.807) is 11.9 Å². The van der Waals surface area contributed by atoms with Crippen molar-refractivity contribution in [3.8, 4) is 5.75 Å². The second-order valence-corrected chi connectivity index (χ2v) is 6.13. The molecule has 0 spiro atoms. The largest absolute Gasteiger partial charge is 0.482 e. The molecule has 0 aromatic heterocycles. The Morgan fingerprint density at radius 2 is 1.91 bits per heavy atom. The van der Waals surface area contributed by atoms with Gasteiger partial charge in [-0.2, -0.15) is 0 Å². The number of fused-ring (bicyclic) bond motifs is 1. The maximum atomic E-state index is 11.8. The van der Waals surface area contributed by atoms with Gasteiger partial charge < -0.3 is 15.0 Å². The molecular weight excluding hydrogens is 288 g/mol. The van der Waals surface area contributed by atoms with Gasteiger partial charge in [0.1, 0.15) is 5.75 Å². The van der Waals surface area contributed by atoms with E-state index in [1.807, 2.05) is 18.2 Å². The highest BCUT2D eigenvalue weighted by atomic mass is 16.5. The highest BCUT2D eigenvalue weighted by Crippen LogP contribution is 2.34. The summed E-state index contributed by atoms with van der Waals surface area (Å²) in [4.78, 5) is 13.4. The van der Waals surface area contributed by atoms with Crippen molar-refractivity contribution < 1.29 is 9.53 Å². The van der Waals surface area contributed by atoms with Gasteiger partial charge in [0, 0.05) is 18.8 Å². The first-order valence-corrected chi connectivity index (χ1v) is 7.83. The number of hydrogen-bond donors (Lipinski definition) is 1. The monoisotopic (exact) mass is 310 g/mol. The van der Waals surface area contributed by atoms with E-state index < -0.39 is 0 Å². The van der Waals surface area contributed by atoms with Gasteiger partial charge in [0.05, 0.1) is 5.69 Å². The van der Waals surface area contributed by atoms with Gasteiger partial charge in [-0.05, 0) is 55.7 Å². The minimum absolute atomic E-state index is 0.0307. The number of amides is 1. The molecule has 4 heteroatoms. The summed E-state index contributed by atoms with van der Waals surface area (Å²) in [6.45, 7) is 6.49. The van der Waals surface area contributed by atoms with Crippen LogP contribution in [0.3, 0.4) is 0 Å². The Bertz CT molecular complexity index is 755. The second-order valence-electron chi connectivity index (χ2n) is 6.13. The molecule has 0 bridgehead atoms. The number of ether oxygens (including phenoxy) is 1. The Morgan fingerprint density at radius 1 is 1.13 bits per heavy atom. The van der Waals surface area contributed by atoms with Crippen molar-refractivity contribution in [1.82, 2.24) is 0 Å². The number of likely N-dealkylation sites (N-methyl/N-ethyl adjacent to an activating group) is 1. The minimum atomic E-state index is -0.0307. The minimum Gasteiger partial charge on any atom is -0.482 e. The van der Waals surface area contributed by atoms with Crippen LogP contribution in [0.25, 0.3) is 0 Å². The number of aryl methyl sites for hydroxylation is 2. The summed E-state index contributed by atoms with van der Waals surface area (Å²) >= 11 is 0. The van der Waals surface area contributed by atoms with E-state index in [-0.39, 0.29) is 18.6 Å². The first kappa shape index (κ1) is 15.4. The fourth-order valence-electron chi connectivity index (χ4n) is 2.73. The number of nitrogens with zero attached hydrogens (tertiary/aromatic N) is 1. The lowest BCUT2D eigenvalue weighted by atomic mass is 10.0. The summed E-state index contributed by atoms with van der Waals surface area (Å²) in [5.41, 5.74) is 5.61. The average Bonchev–Trinajstić information content (AvgIpc) is 2.54. The maximum Gasteiger partial charge on any atom is 0.264 e. The summed E-state index contributed by atoms with van der Waals surface area (Å²) in [5, 5.41) is 3.50. The molecule has 120 valence electrons. The van der Waals surface area contributed by atoms with Gasteiger partial charge in [0.25, 0.3) is 5.91 Å². The zero-order valence-electron chi connectivity index (χ0n) is 14.0. The molecule has 1 aliphatic heterocycles. The normalized spacial score (nSPS) is 15.0. The first-order chi connectivity index (χ1) is 11.0. The van der Waals surface area contributed by atoms with Gasteiger partial charge in [0.2, 0.25) is 0 Å². The predicted octanol–water partition coefficient (Wildman–Crippen LogP) is 3.83. The van der Waals surface area contributed by atoms with Crippen molar-refractivity contribution in [2.45, 2.75) is 26.8 Å². The molecule has 1 heterocycles. The van der Waals surface area contributed by atoms with Gasteiger partial charge in [-0.15, -0.1) is 0 Å². The Hall–Kier alpha value is -2.49. The molecule has 1 amide bonds. The van der Waals surface area contributed by atoms with E-state index in [4.69, 9.17) is 4.74 Å². The van der Waals surface area contributed by atoms with Gasteiger partial charge in [-0.25, -0.2) is 0 Å². The topological polar surface area (TPSA) is 41.6 Å². The number of carbonyl (C=O) groups excluding carboxylic acids is 1. The number of hydrogen-bond acceptors (Lipinski definition) is 3. The molecule has 1 N–H and O–H groups in total. The smallest absolute Gasteiger partial charge is 0.264 e. The molecule has 4 nitrogen and oxygen atoms in total. The molecular formula is C19H22N2O2. The van der Waals surface area contributed by atoms with Crippen LogP contribution in [0.15, 0.2) is 36.4 Å². The van der Waals surface area contributed by atoms with Gasteiger partial charge in [-0.3, -0.25) is 4.79 Å². The van der Waals surface area contributed by atoms with E-state index >= 15 is 0 Å². The third-order valence-electron chi connectivity index (χ3n) is 4.46. The molecule has 0 radical (unpaired) electrons. The molecule has 23 heavy (non-hydrogen) atoms. The first-order valence-electron chi connectivity index (χ1n) is 7.83. The number of anilines is 2. The van der Waals surface area contributed by atoms with Crippen LogP contribution in [0.4, 0.5) is 11.4 Å². The maximum absolute atomic E-state index is 11.8. The van der Waals surface area contributed by atoms with Crippen molar-refractivity contribution in [1.29, 1.82) is 0 Å². The quantitative estimate of drug-likeness (QED) is 0.936. The highest BCUT2D eigenvalue weighted by Gasteiger charge is 2.22. The summed E-state index contributed by atoms with van der Waals surface area (Å²) in [7, 11) is 1.78. The summed E-state index contributed by atoms with van der Waals surface area (Å²) in [6.07, 6.45) is 0. The van der Waals surface area contributed by atoms with Crippen molar-refractivity contribution >= 4 is 17.3 Å². The Labute approximate surface area is 137 Å². The third kappa shape index (κ3) is 3.02. The van der Waals surface area contributed by atoms with E-state index in [1.165, 1.54) is 16.7 Å². The van der Waals surface area contributed by atoms with Gasteiger partial charge in [0.15, 0.2) is 6.61 Å². The van der Waals surface area contributed by atoms with Crippen LogP contribution in [-0.4, -0.2) is 19.6 Å². The highest BCUT2D eigenvalue weighted by molar-refractivity contribution is 5.97. The molecule has 2 aromatic rings. The summed E-state index contributed by atoms with van der Waals surface area (Å²) in [5.74, 6) is 0.716. The standard InChI is InChI=1S/C19H22N2O2/c1-12-5-6-15(9-13(12)2)14(3)20-16-7-8-18-17(10-16)21(4)19(22)11-23-18/h5-10,14,20H,11H2,1-4H3. The number of carbonyl (C=O) groups is 1. The van der Waals surface area contributed by atoms with Crippen molar-refractivity contribution in [2.24, 2.45) is 0 Å². The van der Waals surface area contributed by atoms with Crippen LogP contribution in [-0.2, 0) is 4.79 Å². The molecule has 0 fully saturated rings. The number of rotatable bonds is 3. The molecule has 0 saturated carbocycles. The SMILES string of the molecule is Cc1ccc(C(C)Nc2ccc3c(c2)N(C)C(=O)CO3)cc1C. The average molecular weight is 310 g/mol. The van der Waals surface area contributed by atoms with Crippen molar-refractivity contribution in [3.05, 3.63) is 53.1 Å². The van der Waals surface area contributed by atoms with Crippen LogP contribution in [0, 0.1) is 13.8 Å². The van der Waals surface area contributed by atoms with Crippen LogP contribution in [0.2, 0.25) is 0 Å². The lowest BCUT2D eigenvalue weighted by Crippen LogP contribution is -2.35. The van der Waals surface area contributed by atoms with E-state index in [0.29, 0.717) is 0 Å². The lowest BCUT2D eigenvalue weighted by molar-refractivity contribution is -0.120. The van der Waals surface area contributed by atoms with Gasteiger partial charge in [-0.1, -0.05) is 18.2 Å². The fraction of sp³-hybridized carbons (Fsp3) is 0.316. The zero-order chi connectivity index (χ0) is 16.6. The summed E-state index contributed by atoms with van der Waals surface area (Å²) in [6, 6.07) is 12.5. The third-order valence-corrected chi connectivity index (χ3v) is 4.46. The van der Waals surface area contributed by atoms with Crippen LogP contribution in [0.1, 0.15) is 29.7 Å².